The number of aliphatic carboxylic acids is 1. The number of carboxylic acid groups (broad SMARTS) is 1. The molecule has 30 heavy (non-hydrogen) atoms. The molecule has 8 heteroatoms. The Kier molecular flexibility index (Phi) is 6.96. The lowest BCUT2D eigenvalue weighted by Gasteiger charge is -2.42. The van der Waals surface area contributed by atoms with Gasteiger partial charge in [0, 0.05) is 42.4 Å². The van der Waals surface area contributed by atoms with Crippen molar-refractivity contribution < 1.29 is 19.4 Å². The highest BCUT2D eigenvalue weighted by Gasteiger charge is 2.51. The zero-order valence-electron chi connectivity index (χ0n) is 17.7. The van der Waals surface area contributed by atoms with Gasteiger partial charge < -0.3 is 14.6 Å². The molecule has 0 saturated carbocycles. The molecule has 7 nitrogen and oxygen atoms in total. The van der Waals surface area contributed by atoms with E-state index in [1.165, 1.54) is 31.0 Å². The Balaban J connectivity index is 2.87. The number of aromatic nitrogens is 1. The molecule has 1 N–H and O–H groups in total. The SMILES string of the molecule is COCCC(C(=O)O)(n1cc(OC)c(-c2cc(Cl)ccc2C#N)cc1=O)C(C)(C)C. The van der Waals surface area contributed by atoms with Gasteiger partial charge >= 0.3 is 5.97 Å². The molecular formula is C22H25ClN2O5. The van der Waals surface area contributed by atoms with Crippen LogP contribution in [0.5, 0.6) is 5.75 Å². The number of halogens is 1. The monoisotopic (exact) mass is 432 g/mol. The van der Waals surface area contributed by atoms with Gasteiger partial charge in [-0.1, -0.05) is 32.4 Å². The van der Waals surface area contributed by atoms with E-state index >= 15 is 0 Å². The zero-order chi connectivity index (χ0) is 22.7. The van der Waals surface area contributed by atoms with Crippen molar-refractivity contribution in [2.75, 3.05) is 20.8 Å². The van der Waals surface area contributed by atoms with Crippen LogP contribution in [0.3, 0.4) is 0 Å². The van der Waals surface area contributed by atoms with Crippen LogP contribution in [0.1, 0.15) is 32.8 Å². The van der Waals surface area contributed by atoms with Crippen molar-refractivity contribution in [3.05, 3.63) is 51.4 Å². The predicted molar refractivity (Wildman–Crippen MR) is 114 cm³/mol. The first kappa shape index (κ1) is 23.5. The van der Waals surface area contributed by atoms with Crippen LogP contribution in [0, 0.1) is 16.7 Å². The van der Waals surface area contributed by atoms with E-state index in [9.17, 15) is 20.0 Å². The molecule has 0 spiro atoms. The topological polar surface area (TPSA) is 102 Å². The summed E-state index contributed by atoms with van der Waals surface area (Å²) in [6.07, 6.45) is 1.46. The van der Waals surface area contributed by atoms with Gasteiger partial charge in [0.25, 0.3) is 5.56 Å². The number of ether oxygens (including phenoxy) is 2. The van der Waals surface area contributed by atoms with Crippen LogP contribution < -0.4 is 10.3 Å². The maximum absolute atomic E-state index is 13.2. The number of rotatable bonds is 7. The van der Waals surface area contributed by atoms with Crippen molar-refractivity contribution in [2.45, 2.75) is 32.7 Å². The van der Waals surface area contributed by atoms with Crippen LogP contribution in [0.4, 0.5) is 0 Å². The number of nitrogens with zero attached hydrogens (tertiary/aromatic N) is 2. The Morgan fingerprint density at radius 3 is 2.40 bits per heavy atom. The molecule has 1 aromatic heterocycles. The number of carboxylic acids is 1. The second-order valence-corrected chi connectivity index (χ2v) is 8.36. The van der Waals surface area contributed by atoms with E-state index in [0.29, 0.717) is 21.7 Å². The molecule has 0 radical (unpaired) electrons. The average molecular weight is 433 g/mol. The van der Waals surface area contributed by atoms with Gasteiger partial charge in [0.2, 0.25) is 0 Å². The number of hydrogen-bond acceptors (Lipinski definition) is 5. The van der Waals surface area contributed by atoms with Crippen LogP contribution in [-0.2, 0) is 15.1 Å². The third-order valence-corrected chi connectivity index (χ3v) is 5.54. The van der Waals surface area contributed by atoms with Gasteiger partial charge in [0.1, 0.15) is 5.75 Å². The first-order valence-corrected chi connectivity index (χ1v) is 9.64. The summed E-state index contributed by atoms with van der Waals surface area (Å²) in [5.41, 5.74) is -1.85. The fourth-order valence-corrected chi connectivity index (χ4v) is 3.83. The summed E-state index contributed by atoms with van der Waals surface area (Å²) in [4.78, 5) is 25.7. The van der Waals surface area contributed by atoms with E-state index in [-0.39, 0.29) is 18.8 Å². The van der Waals surface area contributed by atoms with Crippen LogP contribution in [0.2, 0.25) is 5.02 Å². The van der Waals surface area contributed by atoms with Crippen LogP contribution in [0.25, 0.3) is 11.1 Å². The van der Waals surface area contributed by atoms with Crippen molar-refractivity contribution in [3.8, 4) is 22.9 Å². The van der Waals surface area contributed by atoms with Crippen molar-refractivity contribution in [1.29, 1.82) is 5.26 Å². The molecule has 0 bridgehead atoms. The minimum Gasteiger partial charge on any atom is -0.495 e. The van der Waals surface area contributed by atoms with E-state index in [1.54, 1.807) is 39.0 Å². The Bertz CT molecular complexity index is 1050. The van der Waals surface area contributed by atoms with Gasteiger partial charge in [-0.25, -0.2) is 4.79 Å². The van der Waals surface area contributed by atoms with Gasteiger partial charge in [-0.15, -0.1) is 0 Å². The molecular weight excluding hydrogens is 408 g/mol. The van der Waals surface area contributed by atoms with Gasteiger partial charge in [0.15, 0.2) is 5.54 Å². The van der Waals surface area contributed by atoms with Crippen molar-refractivity contribution in [3.63, 3.8) is 0 Å². The number of methoxy groups -OCH3 is 2. The number of carbonyl (C=O) groups is 1. The molecule has 160 valence electrons. The molecule has 0 aliphatic carbocycles. The standard InChI is InChI=1S/C22H25ClN2O5/c1-21(2,3)22(20(27)28,8-9-29-4)25-13-18(30-5)17(11-19(25)26)16-10-15(23)7-6-14(16)12-24/h6-7,10-11,13H,8-9H2,1-5H3,(H,27,28). The first-order valence-electron chi connectivity index (χ1n) is 9.27. The normalized spacial score (nSPS) is 13.4. The molecule has 2 aromatic rings. The lowest BCUT2D eigenvalue weighted by Crippen LogP contribution is -2.56. The minimum absolute atomic E-state index is 0.0748. The molecule has 2 rings (SSSR count). The number of hydrogen-bond donors (Lipinski definition) is 1. The lowest BCUT2D eigenvalue weighted by atomic mass is 9.71. The number of pyridine rings is 1. The zero-order valence-corrected chi connectivity index (χ0v) is 18.4. The summed E-state index contributed by atoms with van der Waals surface area (Å²) in [6, 6.07) is 8.06. The van der Waals surface area contributed by atoms with Gasteiger partial charge in [-0.2, -0.15) is 5.26 Å². The highest BCUT2D eigenvalue weighted by atomic mass is 35.5. The summed E-state index contributed by atoms with van der Waals surface area (Å²) in [6.45, 7) is 5.42. The number of benzene rings is 1. The van der Waals surface area contributed by atoms with E-state index in [0.717, 1.165) is 0 Å². The summed E-state index contributed by atoms with van der Waals surface area (Å²) in [7, 11) is 2.89. The molecule has 0 amide bonds. The second-order valence-electron chi connectivity index (χ2n) is 7.92. The summed E-state index contributed by atoms with van der Waals surface area (Å²) < 4.78 is 11.8. The lowest BCUT2D eigenvalue weighted by molar-refractivity contribution is -0.156. The molecule has 0 aliphatic rings. The molecule has 0 saturated heterocycles. The highest BCUT2D eigenvalue weighted by Crippen LogP contribution is 2.42. The van der Waals surface area contributed by atoms with Gasteiger partial charge in [-0.05, 0) is 23.6 Å². The molecule has 1 unspecified atom stereocenters. The van der Waals surface area contributed by atoms with Crippen molar-refractivity contribution in [1.82, 2.24) is 4.57 Å². The third-order valence-electron chi connectivity index (χ3n) is 5.30. The minimum atomic E-state index is -1.59. The Morgan fingerprint density at radius 1 is 1.23 bits per heavy atom. The first-order chi connectivity index (χ1) is 14.0. The summed E-state index contributed by atoms with van der Waals surface area (Å²) >= 11 is 6.10. The third kappa shape index (κ3) is 4.07. The molecule has 0 fully saturated rings. The number of nitriles is 1. The second kappa shape index (κ2) is 8.90. The molecule has 1 heterocycles. The van der Waals surface area contributed by atoms with Gasteiger partial charge in [-0.3, -0.25) is 9.36 Å². The molecule has 0 aliphatic heterocycles. The van der Waals surface area contributed by atoms with Crippen molar-refractivity contribution >= 4 is 17.6 Å². The van der Waals surface area contributed by atoms with Crippen LogP contribution >= 0.6 is 11.6 Å². The van der Waals surface area contributed by atoms with Crippen molar-refractivity contribution in [2.24, 2.45) is 5.41 Å². The Hall–Kier alpha value is -2.82. The summed E-state index contributed by atoms with van der Waals surface area (Å²) in [5, 5.41) is 20.1. The summed E-state index contributed by atoms with van der Waals surface area (Å²) in [5.74, 6) is -0.898. The Labute approximate surface area is 180 Å². The van der Waals surface area contributed by atoms with E-state index < -0.39 is 22.5 Å². The predicted octanol–water partition coefficient (Wildman–Crippen LogP) is 3.91. The van der Waals surface area contributed by atoms with E-state index in [1.807, 2.05) is 0 Å². The quantitative estimate of drug-likeness (QED) is 0.711. The maximum Gasteiger partial charge on any atom is 0.330 e. The Morgan fingerprint density at radius 2 is 1.90 bits per heavy atom. The fourth-order valence-electron chi connectivity index (χ4n) is 3.66. The van der Waals surface area contributed by atoms with E-state index in [4.69, 9.17) is 21.1 Å². The highest BCUT2D eigenvalue weighted by molar-refractivity contribution is 6.31. The molecule has 1 aromatic carbocycles. The fraction of sp³-hybridized carbons (Fsp3) is 0.409. The maximum atomic E-state index is 13.2. The van der Waals surface area contributed by atoms with Crippen LogP contribution in [0.15, 0.2) is 35.3 Å². The smallest absolute Gasteiger partial charge is 0.330 e. The largest absolute Gasteiger partial charge is 0.495 e. The van der Waals surface area contributed by atoms with E-state index in [2.05, 4.69) is 6.07 Å². The molecule has 1 atom stereocenters. The average Bonchev–Trinajstić information content (AvgIpc) is 2.67. The van der Waals surface area contributed by atoms with Crippen LogP contribution in [-0.4, -0.2) is 36.5 Å². The van der Waals surface area contributed by atoms with Gasteiger partial charge in [0.05, 0.1) is 24.9 Å².